The number of furan rings is 1. The molecule has 1 amide bonds. The SMILES string of the molecule is Cc1ccc(C(=O)Nc2ccc(Cl)c(-c3ccc(CO)o3)c2)cc1C. The Hall–Kier alpha value is -2.56. The van der Waals surface area contributed by atoms with Crippen molar-refractivity contribution in [1.82, 2.24) is 0 Å². The highest BCUT2D eigenvalue weighted by Crippen LogP contribution is 2.32. The minimum Gasteiger partial charge on any atom is -0.459 e. The highest BCUT2D eigenvalue weighted by molar-refractivity contribution is 6.33. The van der Waals surface area contributed by atoms with E-state index >= 15 is 0 Å². The third kappa shape index (κ3) is 3.76. The van der Waals surface area contributed by atoms with Gasteiger partial charge in [0.05, 0.1) is 5.02 Å². The van der Waals surface area contributed by atoms with Gasteiger partial charge in [0.15, 0.2) is 0 Å². The molecule has 0 saturated carbocycles. The van der Waals surface area contributed by atoms with Crippen LogP contribution in [0.4, 0.5) is 5.69 Å². The van der Waals surface area contributed by atoms with Gasteiger partial charge in [-0.3, -0.25) is 4.79 Å². The molecule has 1 heterocycles. The molecule has 0 bridgehead atoms. The van der Waals surface area contributed by atoms with Gasteiger partial charge in [-0.1, -0.05) is 17.7 Å². The Balaban J connectivity index is 1.86. The molecule has 0 aliphatic rings. The Kier molecular flexibility index (Phi) is 4.93. The number of halogens is 1. The van der Waals surface area contributed by atoms with Gasteiger partial charge >= 0.3 is 0 Å². The van der Waals surface area contributed by atoms with E-state index in [-0.39, 0.29) is 12.5 Å². The average Bonchev–Trinajstić information content (AvgIpc) is 3.08. The molecule has 128 valence electrons. The number of hydrogen-bond donors (Lipinski definition) is 2. The first-order chi connectivity index (χ1) is 12.0. The largest absolute Gasteiger partial charge is 0.459 e. The summed E-state index contributed by atoms with van der Waals surface area (Å²) in [4.78, 5) is 12.5. The predicted molar refractivity (Wildman–Crippen MR) is 98.9 cm³/mol. The summed E-state index contributed by atoms with van der Waals surface area (Å²) in [6.45, 7) is 3.80. The van der Waals surface area contributed by atoms with Crippen molar-refractivity contribution in [2.45, 2.75) is 20.5 Å². The number of carbonyl (C=O) groups excluding carboxylic acids is 1. The summed E-state index contributed by atoms with van der Waals surface area (Å²) in [5.41, 5.74) is 4.07. The molecule has 0 saturated heterocycles. The molecule has 0 aliphatic carbocycles. The Morgan fingerprint density at radius 1 is 1.08 bits per heavy atom. The van der Waals surface area contributed by atoms with Crippen molar-refractivity contribution in [2.75, 3.05) is 5.32 Å². The highest BCUT2D eigenvalue weighted by atomic mass is 35.5. The molecule has 0 radical (unpaired) electrons. The van der Waals surface area contributed by atoms with E-state index < -0.39 is 0 Å². The van der Waals surface area contributed by atoms with Crippen molar-refractivity contribution >= 4 is 23.2 Å². The zero-order valence-electron chi connectivity index (χ0n) is 14.0. The second-order valence-electron chi connectivity index (χ2n) is 5.87. The number of hydrogen-bond acceptors (Lipinski definition) is 3. The summed E-state index contributed by atoms with van der Waals surface area (Å²) in [5.74, 6) is 0.804. The molecule has 0 unspecified atom stereocenters. The Morgan fingerprint density at radius 2 is 1.88 bits per heavy atom. The van der Waals surface area contributed by atoms with Crippen LogP contribution in [0.3, 0.4) is 0 Å². The van der Waals surface area contributed by atoms with E-state index in [1.165, 1.54) is 0 Å². The number of nitrogens with one attached hydrogen (secondary N) is 1. The van der Waals surface area contributed by atoms with E-state index in [0.29, 0.717) is 33.4 Å². The number of anilines is 1. The number of benzene rings is 2. The number of aryl methyl sites for hydroxylation is 2. The third-order valence-corrected chi connectivity index (χ3v) is 4.41. The van der Waals surface area contributed by atoms with Crippen LogP contribution in [0.25, 0.3) is 11.3 Å². The monoisotopic (exact) mass is 355 g/mol. The maximum atomic E-state index is 12.5. The lowest BCUT2D eigenvalue weighted by atomic mass is 10.1. The number of aliphatic hydroxyl groups excluding tert-OH is 1. The van der Waals surface area contributed by atoms with Crippen molar-refractivity contribution in [3.05, 3.63) is 76.0 Å². The predicted octanol–water partition coefficient (Wildman–Crippen LogP) is 4.96. The normalized spacial score (nSPS) is 10.7. The van der Waals surface area contributed by atoms with Gasteiger partial charge in [-0.2, -0.15) is 0 Å². The summed E-state index contributed by atoms with van der Waals surface area (Å²) >= 11 is 6.24. The van der Waals surface area contributed by atoms with Gasteiger partial charge in [-0.05, 0) is 67.4 Å². The first-order valence-corrected chi connectivity index (χ1v) is 8.24. The van der Waals surface area contributed by atoms with Crippen LogP contribution < -0.4 is 5.32 Å². The van der Waals surface area contributed by atoms with Gasteiger partial charge in [0.25, 0.3) is 5.91 Å². The fraction of sp³-hybridized carbons (Fsp3) is 0.150. The van der Waals surface area contributed by atoms with Crippen LogP contribution in [-0.2, 0) is 6.61 Å². The van der Waals surface area contributed by atoms with Gasteiger partial charge in [0.2, 0.25) is 0 Å². The van der Waals surface area contributed by atoms with E-state index in [1.807, 2.05) is 26.0 Å². The van der Waals surface area contributed by atoms with E-state index in [0.717, 1.165) is 11.1 Å². The third-order valence-electron chi connectivity index (χ3n) is 4.08. The fourth-order valence-electron chi connectivity index (χ4n) is 2.49. The van der Waals surface area contributed by atoms with Crippen LogP contribution in [0.2, 0.25) is 5.02 Å². The molecule has 2 N–H and O–H groups in total. The summed E-state index contributed by atoms with van der Waals surface area (Å²) in [6, 6.07) is 14.2. The molecule has 1 aromatic heterocycles. The molecule has 0 atom stereocenters. The molecular weight excluding hydrogens is 338 g/mol. The van der Waals surface area contributed by atoms with Crippen LogP contribution >= 0.6 is 11.6 Å². The number of aliphatic hydroxyl groups is 1. The minimum atomic E-state index is -0.188. The molecule has 4 nitrogen and oxygen atoms in total. The fourth-order valence-corrected chi connectivity index (χ4v) is 2.70. The molecule has 0 fully saturated rings. The van der Waals surface area contributed by atoms with Crippen LogP contribution in [0.15, 0.2) is 52.9 Å². The summed E-state index contributed by atoms with van der Waals surface area (Å²) < 4.78 is 5.53. The Bertz CT molecular complexity index is 930. The second kappa shape index (κ2) is 7.13. The Morgan fingerprint density at radius 3 is 2.56 bits per heavy atom. The number of amides is 1. The van der Waals surface area contributed by atoms with Crippen LogP contribution in [-0.4, -0.2) is 11.0 Å². The molecule has 25 heavy (non-hydrogen) atoms. The lowest BCUT2D eigenvalue weighted by Gasteiger charge is -2.09. The molecule has 0 aliphatic heterocycles. The molecule has 2 aromatic carbocycles. The Labute approximate surface area is 151 Å². The van der Waals surface area contributed by atoms with Gasteiger partial charge in [-0.25, -0.2) is 0 Å². The molecule has 5 heteroatoms. The zero-order chi connectivity index (χ0) is 18.0. The van der Waals surface area contributed by atoms with Crippen LogP contribution in [0.1, 0.15) is 27.2 Å². The minimum absolute atomic E-state index is 0.180. The van der Waals surface area contributed by atoms with Crippen LogP contribution in [0, 0.1) is 13.8 Å². The maximum absolute atomic E-state index is 12.5. The molecule has 3 rings (SSSR count). The smallest absolute Gasteiger partial charge is 0.255 e. The topological polar surface area (TPSA) is 62.5 Å². The van der Waals surface area contributed by atoms with E-state index in [4.69, 9.17) is 21.1 Å². The lowest BCUT2D eigenvalue weighted by molar-refractivity contribution is 0.102. The van der Waals surface area contributed by atoms with E-state index in [1.54, 1.807) is 36.4 Å². The van der Waals surface area contributed by atoms with E-state index in [2.05, 4.69) is 5.32 Å². The summed E-state index contributed by atoms with van der Waals surface area (Å²) in [6.07, 6.45) is 0. The molecule has 0 spiro atoms. The van der Waals surface area contributed by atoms with Crippen LogP contribution in [0.5, 0.6) is 0 Å². The lowest BCUT2D eigenvalue weighted by Crippen LogP contribution is -2.12. The second-order valence-corrected chi connectivity index (χ2v) is 6.28. The maximum Gasteiger partial charge on any atom is 0.255 e. The first kappa shape index (κ1) is 17.3. The van der Waals surface area contributed by atoms with Crippen molar-refractivity contribution in [3.8, 4) is 11.3 Å². The quantitative estimate of drug-likeness (QED) is 0.695. The number of carbonyl (C=O) groups is 1. The molecular formula is C20H18ClNO3. The van der Waals surface area contributed by atoms with Crippen molar-refractivity contribution in [2.24, 2.45) is 0 Å². The highest BCUT2D eigenvalue weighted by Gasteiger charge is 2.12. The summed E-state index contributed by atoms with van der Waals surface area (Å²) in [7, 11) is 0. The molecule has 3 aromatic rings. The zero-order valence-corrected chi connectivity index (χ0v) is 14.7. The summed E-state index contributed by atoms with van der Waals surface area (Å²) in [5, 5.41) is 12.5. The number of rotatable bonds is 4. The van der Waals surface area contributed by atoms with Gasteiger partial charge in [0, 0.05) is 16.8 Å². The van der Waals surface area contributed by atoms with Crippen molar-refractivity contribution < 1.29 is 14.3 Å². The van der Waals surface area contributed by atoms with Crippen molar-refractivity contribution in [3.63, 3.8) is 0 Å². The standard InChI is InChI=1S/C20H18ClNO3/c1-12-3-4-14(9-13(12)2)20(24)22-15-5-7-18(21)17(10-15)19-8-6-16(11-23)25-19/h3-10,23H,11H2,1-2H3,(H,22,24). The van der Waals surface area contributed by atoms with Gasteiger partial charge < -0.3 is 14.8 Å². The van der Waals surface area contributed by atoms with Gasteiger partial charge in [-0.15, -0.1) is 0 Å². The van der Waals surface area contributed by atoms with Crippen molar-refractivity contribution in [1.29, 1.82) is 0 Å². The first-order valence-electron chi connectivity index (χ1n) is 7.86. The van der Waals surface area contributed by atoms with E-state index in [9.17, 15) is 4.79 Å². The van der Waals surface area contributed by atoms with Gasteiger partial charge in [0.1, 0.15) is 18.1 Å². The average molecular weight is 356 g/mol.